The van der Waals surface area contributed by atoms with Crippen LogP contribution in [-0.2, 0) is 0 Å². The maximum Gasteiger partial charge on any atom is 0.123 e. The molecule has 0 heterocycles. The summed E-state index contributed by atoms with van der Waals surface area (Å²) < 4.78 is 0. The van der Waals surface area contributed by atoms with Crippen LogP contribution in [0.4, 0.5) is 0 Å². The molecule has 0 aliphatic rings. The Hall–Kier alpha value is -6.80. The molecule has 0 fully saturated rings. The highest BCUT2D eigenvalue weighted by molar-refractivity contribution is 5.93. The second-order valence-electron chi connectivity index (χ2n) is 10.7. The number of rotatable bonds is 0. The van der Waals surface area contributed by atoms with Crippen LogP contribution in [-0.4, -0.2) is 40.9 Å². The number of phenolic OH excluding ortho intramolecular Hbond substituents is 8. The van der Waals surface area contributed by atoms with Crippen LogP contribution in [0.5, 0.6) is 46.0 Å². The van der Waals surface area contributed by atoms with Crippen LogP contribution in [0, 0.1) is 0 Å². The number of phenols is 8. The normalized spacial score (nSPS) is 10.3. The van der Waals surface area contributed by atoms with Crippen LogP contribution in [0.2, 0.25) is 0 Å². The maximum absolute atomic E-state index is 9.38. The zero-order valence-electron chi connectivity index (χ0n) is 25.4. The maximum atomic E-state index is 9.38. The highest BCUT2D eigenvalue weighted by Crippen LogP contribution is 2.31. The summed E-state index contributed by atoms with van der Waals surface area (Å²) in [4.78, 5) is 0. The van der Waals surface area contributed by atoms with Gasteiger partial charge in [0.05, 0.1) is 0 Å². The van der Waals surface area contributed by atoms with E-state index < -0.39 is 0 Å². The van der Waals surface area contributed by atoms with Gasteiger partial charge >= 0.3 is 0 Å². The number of fused-ring (bicyclic) bond motifs is 4. The third-order valence-electron chi connectivity index (χ3n) is 7.37. The molecule has 0 aliphatic heterocycles. The molecule has 8 aromatic carbocycles. The summed E-state index contributed by atoms with van der Waals surface area (Å²) in [5.41, 5.74) is 0. The van der Waals surface area contributed by atoms with Gasteiger partial charge in [-0.3, -0.25) is 0 Å². The van der Waals surface area contributed by atoms with Gasteiger partial charge in [0.25, 0.3) is 0 Å². The number of hydrogen-bond acceptors (Lipinski definition) is 8. The molecule has 0 aromatic heterocycles. The van der Waals surface area contributed by atoms with Crippen molar-refractivity contribution in [2.45, 2.75) is 0 Å². The van der Waals surface area contributed by atoms with Crippen molar-refractivity contribution in [1.82, 2.24) is 0 Å². The molecule has 0 saturated heterocycles. The molecule has 48 heavy (non-hydrogen) atoms. The van der Waals surface area contributed by atoms with Crippen LogP contribution in [0.15, 0.2) is 146 Å². The van der Waals surface area contributed by atoms with Gasteiger partial charge in [0, 0.05) is 21.5 Å². The van der Waals surface area contributed by atoms with Crippen molar-refractivity contribution in [3.63, 3.8) is 0 Å². The fourth-order valence-corrected chi connectivity index (χ4v) is 5.00. The van der Waals surface area contributed by atoms with Crippen molar-refractivity contribution in [2.24, 2.45) is 0 Å². The first-order valence-electron chi connectivity index (χ1n) is 14.7. The van der Waals surface area contributed by atoms with E-state index in [-0.39, 0.29) is 46.0 Å². The molecule has 0 unspecified atom stereocenters. The monoisotopic (exact) mass is 640 g/mol. The minimum Gasteiger partial charge on any atom is -0.508 e. The molecule has 8 aromatic rings. The molecule has 8 rings (SSSR count). The third kappa shape index (κ3) is 7.88. The summed E-state index contributed by atoms with van der Waals surface area (Å²) in [6.07, 6.45) is 0. The Labute approximate surface area is 275 Å². The molecule has 8 heteroatoms. The van der Waals surface area contributed by atoms with Gasteiger partial charge in [-0.2, -0.15) is 0 Å². The predicted molar refractivity (Wildman–Crippen MR) is 189 cm³/mol. The Morgan fingerprint density at radius 3 is 0.688 bits per heavy atom. The molecule has 240 valence electrons. The van der Waals surface area contributed by atoms with Crippen molar-refractivity contribution in [1.29, 1.82) is 0 Å². The van der Waals surface area contributed by atoms with Crippen molar-refractivity contribution in [2.75, 3.05) is 0 Å². The summed E-state index contributed by atoms with van der Waals surface area (Å²) in [7, 11) is 0. The Bertz CT molecular complexity index is 2030. The Balaban J connectivity index is 0.000000125. The van der Waals surface area contributed by atoms with Gasteiger partial charge in [-0.25, -0.2) is 0 Å². The summed E-state index contributed by atoms with van der Waals surface area (Å²) in [6, 6.07) is 40.5. The molecule has 0 radical (unpaired) electrons. The molecule has 0 atom stereocenters. The van der Waals surface area contributed by atoms with Crippen LogP contribution >= 0.6 is 0 Å². The molecule has 8 N–H and O–H groups in total. The van der Waals surface area contributed by atoms with E-state index >= 15 is 0 Å². The van der Waals surface area contributed by atoms with E-state index in [1.165, 1.54) is 0 Å². The van der Waals surface area contributed by atoms with Crippen LogP contribution in [0.3, 0.4) is 0 Å². The largest absolute Gasteiger partial charge is 0.508 e. The molecule has 0 saturated carbocycles. The molecule has 0 bridgehead atoms. The molecule has 0 amide bonds. The van der Waals surface area contributed by atoms with E-state index in [1.54, 1.807) is 121 Å². The van der Waals surface area contributed by atoms with E-state index in [0.717, 1.165) is 21.5 Å². The van der Waals surface area contributed by atoms with Gasteiger partial charge in [-0.05, 0) is 94.3 Å². The summed E-state index contributed by atoms with van der Waals surface area (Å²) in [5, 5.41) is 80.5. The number of hydrogen-bond donors (Lipinski definition) is 8. The fraction of sp³-hybridized carbons (Fsp3) is 0. The van der Waals surface area contributed by atoms with Crippen LogP contribution in [0.25, 0.3) is 43.1 Å². The van der Waals surface area contributed by atoms with Gasteiger partial charge in [0.1, 0.15) is 46.0 Å². The van der Waals surface area contributed by atoms with Crippen molar-refractivity contribution >= 4 is 43.1 Å². The fourth-order valence-electron chi connectivity index (χ4n) is 5.00. The van der Waals surface area contributed by atoms with Gasteiger partial charge in [-0.15, -0.1) is 0 Å². The molecule has 0 aliphatic carbocycles. The minimum atomic E-state index is 0.198. The molecular formula is C40H32O8. The lowest BCUT2D eigenvalue weighted by Crippen LogP contribution is -1.73. The lowest BCUT2D eigenvalue weighted by atomic mass is 10.1. The third-order valence-corrected chi connectivity index (χ3v) is 7.37. The standard InChI is InChI=1S/4C10H8O2/c2*11-9-3-1-7-2-4-10(12)6-8(7)5-9;2*11-9-5-1-3-7-8(9)4-2-6-10(7)12/h4*1-6,11-12H. The van der Waals surface area contributed by atoms with Gasteiger partial charge in [0.15, 0.2) is 0 Å². The second-order valence-corrected chi connectivity index (χ2v) is 10.7. The van der Waals surface area contributed by atoms with Crippen molar-refractivity contribution in [3.8, 4) is 46.0 Å². The first-order chi connectivity index (χ1) is 23.1. The predicted octanol–water partition coefficient (Wildman–Crippen LogP) is 9.00. The van der Waals surface area contributed by atoms with Crippen LogP contribution < -0.4 is 0 Å². The van der Waals surface area contributed by atoms with Crippen molar-refractivity contribution in [3.05, 3.63) is 146 Å². The lowest BCUT2D eigenvalue weighted by molar-refractivity contribution is 0.473. The average Bonchev–Trinajstić information content (AvgIpc) is 3.06. The highest BCUT2D eigenvalue weighted by atomic mass is 16.3. The number of aromatic hydroxyl groups is 8. The smallest absolute Gasteiger partial charge is 0.123 e. The quantitative estimate of drug-likeness (QED) is 0.0814. The topological polar surface area (TPSA) is 162 Å². The van der Waals surface area contributed by atoms with Crippen molar-refractivity contribution < 1.29 is 40.9 Å². The zero-order valence-corrected chi connectivity index (χ0v) is 25.4. The highest BCUT2D eigenvalue weighted by Gasteiger charge is 2.02. The average molecular weight is 641 g/mol. The first-order valence-corrected chi connectivity index (χ1v) is 14.7. The van der Waals surface area contributed by atoms with E-state index in [4.69, 9.17) is 20.4 Å². The lowest BCUT2D eigenvalue weighted by Gasteiger charge is -2.01. The zero-order chi connectivity index (χ0) is 34.2. The molecule has 0 spiro atoms. The SMILES string of the molecule is Oc1ccc2ccc(O)cc2c1.Oc1ccc2ccc(O)cc2c1.Oc1cccc2c(O)cccc12.Oc1cccc2c(O)cccc12. The summed E-state index contributed by atoms with van der Waals surface area (Å²) in [6.45, 7) is 0. The van der Waals surface area contributed by atoms with Crippen LogP contribution in [0.1, 0.15) is 0 Å². The minimum absolute atomic E-state index is 0.198. The Kier molecular flexibility index (Phi) is 9.87. The molecular weight excluding hydrogens is 608 g/mol. The van der Waals surface area contributed by atoms with Gasteiger partial charge in [-0.1, -0.05) is 72.8 Å². The summed E-state index contributed by atoms with van der Waals surface area (Å²) in [5.74, 6) is 1.65. The molecule has 8 nitrogen and oxygen atoms in total. The second kappa shape index (κ2) is 14.5. The van der Waals surface area contributed by atoms with E-state index in [9.17, 15) is 20.4 Å². The van der Waals surface area contributed by atoms with E-state index in [1.807, 2.05) is 24.3 Å². The first kappa shape index (κ1) is 32.6. The number of benzene rings is 8. The Morgan fingerprint density at radius 1 is 0.229 bits per heavy atom. The van der Waals surface area contributed by atoms with Gasteiger partial charge in [0.2, 0.25) is 0 Å². The summed E-state index contributed by atoms with van der Waals surface area (Å²) >= 11 is 0. The van der Waals surface area contributed by atoms with Gasteiger partial charge < -0.3 is 40.9 Å². The van der Waals surface area contributed by atoms with E-state index in [0.29, 0.717) is 21.5 Å². The van der Waals surface area contributed by atoms with E-state index in [2.05, 4.69) is 0 Å². The Morgan fingerprint density at radius 2 is 0.458 bits per heavy atom.